The SMILES string of the molecule is O=C(NNC(=O)C(c1ccccc1)c1ccccc1)c1cccc([N+](=O)[O-])c1. The van der Waals surface area contributed by atoms with Crippen molar-refractivity contribution in [1.29, 1.82) is 0 Å². The lowest BCUT2D eigenvalue weighted by Gasteiger charge is -2.18. The smallest absolute Gasteiger partial charge is 0.270 e. The third-order valence-electron chi connectivity index (χ3n) is 4.15. The predicted octanol–water partition coefficient (Wildman–Crippen LogP) is 3.19. The number of carbonyl (C=O) groups is 2. The van der Waals surface area contributed by atoms with Crippen LogP contribution in [-0.2, 0) is 4.79 Å². The normalized spacial score (nSPS) is 10.3. The molecular weight excluding hydrogens is 358 g/mol. The van der Waals surface area contributed by atoms with Crippen LogP contribution in [0.15, 0.2) is 84.9 Å². The number of nitro benzene ring substituents is 1. The summed E-state index contributed by atoms with van der Waals surface area (Å²) in [6.07, 6.45) is 0. The van der Waals surface area contributed by atoms with Crippen LogP contribution in [0.4, 0.5) is 5.69 Å². The van der Waals surface area contributed by atoms with Crippen molar-refractivity contribution in [2.24, 2.45) is 0 Å². The Morgan fingerprint density at radius 1 is 0.786 bits per heavy atom. The van der Waals surface area contributed by atoms with Gasteiger partial charge in [-0.25, -0.2) is 0 Å². The van der Waals surface area contributed by atoms with E-state index in [-0.39, 0.29) is 11.3 Å². The van der Waals surface area contributed by atoms with E-state index in [0.29, 0.717) is 0 Å². The van der Waals surface area contributed by atoms with Gasteiger partial charge in [0.25, 0.3) is 11.6 Å². The van der Waals surface area contributed by atoms with Gasteiger partial charge in [-0.05, 0) is 17.2 Å². The lowest BCUT2D eigenvalue weighted by Crippen LogP contribution is -2.44. The van der Waals surface area contributed by atoms with Crippen molar-refractivity contribution in [3.63, 3.8) is 0 Å². The van der Waals surface area contributed by atoms with Crippen molar-refractivity contribution >= 4 is 17.5 Å². The van der Waals surface area contributed by atoms with Crippen molar-refractivity contribution in [1.82, 2.24) is 10.9 Å². The van der Waals surface area contributed by atoms with Gasteiger partial charge < -0.3 is 0 Å². The van der Waals surface area contributed by atoms with Gasteiger partial charge >= 0.3 is 0 Å². The third-order valence-corrected chi connectivity index (χ3v) is 4.15. The van der Waals surface area contributed by atoms with Crippen LogP contribution in [0.5, 0.6) is 0 Å². The van der Waals surface area contributed by atoms with Gasteiger partial charge in [0.2, 0.25) is 5.91 Å². The Morgan fingerprint density at radius 3 is 1.89 bits per heavy atom. The fraction of sp³-hybridized carbons (Fsp3) is 0.0476. The molecule has 3 aromatic carbocycles. The zero-order chi connectivity index (χ0) is 19.9. The van der Waals surface area contributed by atoms with Gasteiger partial charge in [-0.2, -0.15) is 0 Å². The Balaban J connectivity index is 1.77. The molecule has 0 aliphatic carbocycles. The van der Waals surface area contributed by atoms with Gasteiger partial charge in [0.1, 0.15) is 0 Å². The van der Waals surface area contributed by atoms with Crippen LogP contribution < -0.4 is 10.9 Å². The summed E-state index contributed by atoms with van der Waals surface area (Å²) in [7, 11) is 0. The van der Waals surface area contributed by atoms with Gasteiger partial charge in [0.05, 0.1) is 10.8 Å². The second-order valence-corrected chi connectivity index (χ2v) is 6.01. The molecule has 0 saturated carbocycles. The number of hydrogen-bond donors (Lipinski definition) is 2. The maximum Gasteiger partial charge on any atom is 0.270 e. The number of benzene rings is 3. The highest BCUT2D eigenvalue weighted by Gasteiger charge is 2.23. The summed E-state index contributed by atoms with van der Waals surface area (Å²) >= 11 is 0. The molecule has 0 spiro atoms. The average Bonchev–Trinajstić information content (AvgIpc) is 2.74. The zero-order valence-electron chi connectivity index (χ0n) is 14.7. The van der Waals surface area contributed by atoms with E-state index < -0.39 is 22.7 Å². The minimum Gasteiger partial charge on any atom is -0.272 e. The first-order valence-electron chi connectivity index (χ1n) is 8.51. The maximum absolute atomic E-state index is 12.8. The number of hydrazine groups is 1. The molecule has 0 bridgehead atoms. The molecule has 0 radical (unpaired) electrons. The lowest BCUT2D eigenvalue weighted by molar-refractivity contribution is -0.384. The Hall–Kier alpha value is -4.00. The highest BCUT2D eigenvalue weighted by molar-refractivity contribution is 5.97. The number of hydrogen-bond acceptors (Lipinski definition) is 4. The molecule has 0 aliphatic heterocycles. The van der Waals surface area contributed by atoms with Crippen LogP contribution in [0.2, 0.25) is 0 Å². The molecule has 0 aliphatic rings. The first kappa shape index (κ1) is 18.8. The average molecular weight is 375 g/mol. The molecule has 2 amide bonds. The van der Waals surface area contributed by atoms with Crippen LogP contribution in [0, 0.1) is 10.1 Å². The van der Waals surface area contributed by atoms with Crippen molar-refractivity contribution in [2.45, 2.75) is 5.92 Å². The molecule has 0 heterocycles. The van der Waals surface area contributed by atoms with Crippen LogP contribution in [-0.4, -0.2) is 16.7 Å². The summed E-state index contributed by atoms with van der Waals surface area (Å²) in [6.45, 7) is 0. The Kier molecular flexibility index (Phi) is 5.76. The highest BCUT2D eigenvalue weighted by Crippen LogP contribution is 2.24. The van der Waals surface area contributed by atoms with E-state index in [1.807, 2.05) is 60.7 Å². The monoisotopic (exact) mass is 375 g/mol. The second kappa shape index (κ2) is 8.59. The summed E-state index contributed by atoms with van der Waals surface area (Å²) in [6, 6.07) is 23.6. The first-order chi connectivity index (χ1) is 13.6. The Labute approximate surface area is 161 Å². The van der Waals surface area contributed by atoms with E-state index in [4.69, 9.17) is 0 Å². The van der Waals surface area contributed by atoms with Gasteiger partial charge in [-0.3, -0.25) is 30.6 Å². The number of non-ortho nitro benzene ring substituents is 1. The number of amides is 2. The van der Waals surface area contributed by atoms with Crippen molar-refractivity contribution in [3.05, 3.63) is 112 Å². The largest absolute Gasteiger partial charge is 0.272 e. The Morgan fingerprint density at radius 2 is 1.36 bits per heavy atom. The molecule has 140 valence electrons. The van der Waals surface area contributed by atoms with Crippen LogP contribution in [0.3, 0.4) is 0 Å². The third kappa shape index (κ3) is 4.39. The minimum atomic E-state index is -0.642. The van der Waals surface area contributed by atoms with E-state index in [1.165, 1.54) is 18.2 Å². The number of nitro groups is 1. The second-order valence-electron chi connectivity index (χ2n) is 6.01. The van der Waals surface area contributed by atoms with Crippen molar-refractivity contribution in [2.75, 3.05) is 0 Å². The Bertz CT molecular complexity index is 951. The number of carbonyl (C=O) groups excluding carboxylic acids is 2. The van der Waals surface area contributed by atoms with E-state index in [9.17, 15) is 19.7 Å². The molecule has 0 unspecified atom stereocenters. The number of rotatable bonds is 5. The molecule has 28 heavy (non-hydrogen) atoms. The van der Waals surface area contributed by atoms with Crippen LogP contribution in [0.1, 0.15) is 27.4 Å². The molecule has 0 atom stereocenters. The fourth-order valence-electron chi connectivity index (χ4n) is 2.81. The molecule has 0 aromatic heterocycles. The van der Waals surface area contributed by atoms with Gasteiger partial charge in [0, 0.05) is 17.7 Å². The van der Waals surface area contributed by atoms with Crippen molar-refractivity contribution < 1.29 is 14.5 Å². The summed E-state index contributed by atoms with van der Waals surface area (Å²) < 4.78 is 0. The highest BCUT2D eigenvalue weighted by atomic mass is 16.6. The summed E-state index contributed by atoms with van der Waals surface area (Å²) in [4.78, 5) is 35.4. The first-order valence-corrected chi connectivity index (χ1v) is 8.51. The summed E-state index contributed by atoms with van der Waals surface area (Å²) in [5.74, 6) is -1.68. The standard InChI is InChI=1S/C21H17N3O4/c25-20(17-12-7-13-18(14-17)24(27)28)22-23-21(26)19(15-8-3-1-4-9-15)16-10-5-2-6-11-16/h1-14,19H,(H,22,25)(H,23,26). The summed E-state index contributed by atoms with van der Waals surface area (Å²) in [5, 5.41) is 10.8. The van der Waals surface area contributed by atoms with E-state index in [2.05, 4.69) is 10.9 Å². The summed E-state index contributed by atoms with van der Waals surface area (Å²) in [5.41, 5.74) is 6.16. The topological polar surface area (TPSA) is 101 Å². The molecule has 3 aromatic rings. The predicted molar refractivity (Wildman–Crippen MR) is 103 cm³/mol. The zero-order valence-corrected chi connectivity index (χ0v) is 14.7. The molecule has 7 nitrogen and oxygen atoms in total. The number of nitrogens with one attached hydrogen (secondary N) is 2. The van der Waals surface area contributed by atoms with Crippen molar-refractivity contribution in [3.8, 4) is 0 Å². The van der Waals surface area contributed by atoms with E-state index in [1.54, 1.807) is 0 Å². The van der Waals surface area contributed by atoms with Crippen LogP contribution in [0.25, 0.3) is 0 Å². The minimum absolute atomic E-state index is 0.0745. The lowest BCUT2D eigenvalue weighted by atomic mass is 9.91. The fourth-order valence-corrected chi connectivity index (χ4v) is 2.81. The van der Waals surface area contributed by atoms with Gasteiger partial charge in [0.15, 0.2) is 0 Å². The van der Waals surface area contributed by atoms with E-state index in [0.717, 1.165) is 17.2 Å². The molecule has 7 heteroatoms. The van der Waals surface area contributed by atoms with E-state index >= 15 is 0 Å². The number of nitrogens with zero attached hydrogens (tertiary/aromatic N) is 1. The van der Waals surface area contributed by atoms with Gasteiger partial charge in [-0.1, -0.05) is 66.7 Å². The molecule has 0 saturated heterocycles. The maximum atomic E-state index is 12.8. The quantitative estimate of drug-likeness (QED) is 0.528. The van der Waals surface area contributed by atoms with Gasteiger partial charge in [-0.15, -0.1) is 0 Å². The van der Waals surface area contributed by atoms with Crippen LogP contribution >= 0.6 is 0 Å². The molecule has 3 rings (SSSR count). The molecular formula is C21H17N3O4. The molecule has 0 fully saturated rings. The molecule has 2 N–H and O–H groups in total.